The molecule has 0 fully saturated rings. The molecule has 1 aliphatic rings. The standard InChI is InChI=1S/C15H21NO3/c1-3-4-8-19-15(17)16-13-7-9-18-14-6-5-11(2)10-12(13)14/h5-6,10,13H,3-4,7-9H2,1-2H3,(H,16,17). The third kappa shape index (κ3) is 3.63. The van der Waals surface area contributed by atoms with Gasteiger partial charge in [-0.2, -0.15) is 0 Å². The number of aryl methyl sites for hydroxylation is 1. The average Bonchev–Trinajstić information content (AvgIpc) is 2.40. The molecule has 0 saturated carbocycles. The lowest BCUT2D eigenvalue weighted by atomic mass is 9.99. The first kappa shape index (κ1) is 13.7. The Balaban J connectivity index is 1.99. The molecule has 0 spiro atoms. The fraction of sp³-hybridized carbons (Fsp3) is 0.533. The molecule has 0 aliphatic carbocycles. The first-order valence-electron chi connectivity index (χ1n) is 6.87. The Bertz CT molecular complexity index is 445. The lowest BCUT2D eigenvalue weighted by Crippen LogP contribution is -2.32. The second-order valence-electron chi connectivity index (χ2n) is 4.86. The van der Waals surface area contributed by atoms with Gasteiger partial charge in [0.15, 0.2) is 0 Å². The summed E-state index contributed by atoms with van der Waals surface area (Å²) in [5.41, 5.74) is 2.20. The molecular weight excluding hydrogens is 242 g/mol. The smallest absolute Gasteiger partial charge is 0.407 e. The van der Waals surface area contributed by atoms with E-state index in [1.807, 2.05) is 19.1 Å². The third-order valence-corrected chi connectivity index (χ3v) is 3.23. The van der Waals surface area contributed by atoms with Crippen molar-refractivity contribution in [2.75, 3.05) is 13.2 Å². The lowest BCUT2D eigenvalue weighted by Gasteiger charge is -2.26. The van der Waals surface area contributed by atoms with Crippen LogP contribution in [0.1, 0.15) is 43.4 Å². The highest BCUT2D eigenvalue weighted by atomic mass is 16.5. The number of benzene rings is 1. The number of hydrogen-bond donors (Lipinski definition) is 1. The molecule has 0 radical (unpaired) electrons. The van der Waals surface area contributed by atoms with E-state index in [0.29, 0.717) is 13.2 Å². The number of alkyl carbamates (subject to hydrolysis) is 1. The maximum absolute atomic E-state index is 11.7. The first-order chi connectivity index (χ1) is 9.20. The summed E-state index contributed by atoms with van der Waals surface area (Å²) in [5.74, 6) is 0.857. The van der Waals surface area contributed by atoms with Crippen LogP contribution in [0.2, 0.25) is 0 Å². The van der Waals surface area contributed by atoms with Gasteiger partial charge in [-0.25, -0.2) is 4.79 Å². The fourth-order valence-electron chi connectivity index (χ4n) is 2.16. The fourth-order valence-corrected chi connectivity index (χ4v) is 2.16. The van der Waals surface area contributed by atoms with Crippen molar-refractivity contribution < 1.29 is 14.3 Å². The molecule has 2 rings (SSSR count). The van der Waals surface area contributed by atoms with Gasteiger partial charge in [-0.3, -0.25) is 0 Å². The van der Waals surface area contributed by atoms with Crippen molar-refractivity contribution in [3.8, 4) is 5.75 Å². The van der Waals surface area contributed by atoms with Crippen molar-refractivity contribution >= 4 is 6.09 Å². The summed E-state index contributed by atoms with van der Waals surface area (Å²) in [5, 5.41) is 2.92. The highest BCUT2D eigenvalue weighted by Crippen LogP contribution is 2.32. The van der Waals surface area contributed by atoms with E-state index < -0.39 is 0 Å². The van der Waals surface area contributed by atoms with Gasteiger partial charge in [0.2, 0.25) is 0 Å². The predicted octanol–water partition coefficient (Wildman–Crippen LogP) is 3.34. The second-order valence-corrected chi connectivity index (χ2v) is 4.86. The summed E-state index contributed by atoms with van der Waals surface area (Å²) >= 11 is 0. The largest absolute Gasteiger partial charge is 0.493 e. The van der Waals surface area contributed by atoms with Crippen LogP contribution in [-0.2, 0) is 4.74 Å². The molecule has 104 valence electrons. The summed E-state index contributed by atoms with van der Waals surface area (Å²) in [6.07, 6.45) is 2.36. The molecule has 1 aliphatic heterocycles. The van der Waals surface area contributed by atoms with Crippen LogP contribution in [-0.4, -0.2) is 19.3 Å². The lowest BCUT2D eigenvalue weighted by molar-refractivity contribution is 0.136. The van der Waals surface area contributed by atoms with E-state index in [-0.39, 0.29) is 12.1 Å². The van der Waals surface area contributed by atoms with Gasteiger partial charge in [-0.05, 0) is 19.4 Å². The van der Waals surface area contributed by atoms with Crippen LogP contribution >= 0.6 is 0 Å². The van der Waals surface area contributed by atoms with Crippen LogP contribution in [0.25, 0.3) is 0 Å². The Morgan fingerprint density at radius 3 is 3.16 bits per heavy atom. The van der Waals surface area contributed by atoms with E-state index in [9.17, 15) is 4.79 Å². The molecule has 1 atom stereocenters. The number of fused-ring (bicyclic) bond motifs is 1. The van der Waals surface area contributed by atoms with E-state index in [1.165, 1.54) is 0 Å². The monoisotopic (exact) mass is 263 g/mol. The molecule has 1 amide bonds. The minimum absolute atomic E-state index is 0.0159. The highest BCUT2D eigenvalue weighted by Gasteiger charge is 2.23. The molecule has 0 bridgehead atoms. The number of ether oxygens (including phenoxy) is 2. The van der Waals surface area contributed by atoms with Crippen molar-refractivity contribution in [2.45, 2.75) is 39.2 Å². The third-order valence-electron chi connectivity index (χ3n) is 3.23. The summed E-state index contributed by atoms with van der Waals surface area (Å²) in [6.45, 7) is 5.20. The molecular formula is C15H21NO3. The molecule has 1 unspecified atom stereocenters. The van der Waals surface area contributed by atoms with Crippen molar-refractivity contribution in [1.29, 1.82) is 0 Å². The molecule has 0 aromatic heterocycles. The zero-order chi connectivity index (χ0) is 13.7. The van der Waals surface area contributed by atoms with Gasteiger partial charge in [0.05, 0.1) is 19.3 Å². The maximum atomic E-state index is 11.7. The van der Waals surface area contributed by atoms with Crippen molar-refractivity contribution in [1.82, 2.24) is 5.32 Å². The van der Waals surface area contributed by atoms with Crippen LogP contribution < -0.4 is 10.1 Å². The number of rotatable bonds is 4. The van der Waals surface area contributed by atoms with Gasteiger partial charge in [0.1, 0.15) is 5.75 Å². The highest BCUT2D eigenvalue weighted by molar-refractivity contribution is 5.68. The zero-order valence-corrected chi connectivity index (χ0v) is 11.6. The second kappa shape index (κ2) is 6.45. The van der Waals surface area contributed by atoms with Crippen LogP contribution in [0.3, 0.4) is 0 Å². The van der Waals surface area contributed by atoms with E-state index in [4.69, 9.17) is 9.47 Å². The van der Waals surface area contributed by atoms with Crippen molar-refractivity contribution in [3.63, 3.8) is 0 Å². The van der Waals surface area contributed by atoms with Gasteiger partial charge in [-0.15, -0.1) is 0 Å². The average molecular weight is 263 g/mol. The van der Waals surface area contributed by atoms with Gasteiger partial charge in [0, 0.05) is 12.0 Å². The molecule has 4 heteroatoms. The summed E-state index contributed by atoms with van der Waals surface area (Å²) in [6, 6.07) is 6.02. The van der Waals surface area contributed by atoms with Gasteiger partial charge in [0.25, 0.3) is 0 Å². The molecule has 4 nitrogen and oxygen atoms in total. The maximum Gasteiger partial charge on any atom is 0.407 e. The van der Waals surface area contributed by atoms with Crippen LogP contribution in [0.4, 0.5) is 4.79 Å². The molecule has 0 saturated heterocycles. The topological polar surface area (TPSA) is 47.6 Å². The number of nitrogens with one attached hydrogen (secondary N) is 1. The normalized spacial score (nSPS) is 17.3. The van der Waals surface area contributed by atoms with Gasteiger partial charge < -0.3 is 14.8 Å². The summed E-state index contributed by atoms with van der Waals surface area (Å²) in [4.78, 5) is 11.7. The van der Waals surface area contributed by atoms with E-state index >= 15 is 0 Å². The number of carbonyl (C=O) groups excluding carboxylic acids is 1. The van der Waals surface area contributed by atoms with Crippen LogP contribution in [0.5, 0.6) is 5.75 Å². The minimum Gasteiger partial charge on any atom is -0.493 e. The Morgan fingerprint density at radius 2 is 2.37 bits per heavy atom. The minimum atomic E-state index is -0.340. The Hall–Kier alpha value is -1.71. The molecule has 1 heterocycles. The molecule has 1 N–H and O–H groups in total. The SMILES string of the molecule is CCCCOC(=O)NC1CCOc2ccc(C)cc21. The first-order valence-corrected chi connectivity index (χ1v) is 6.87. The Kier molecular flexibility index (Phi) is 4.66. The number of unbranched alkanes of at least 4 members (excludes halogenated alkanes) is 1. The predicted molar refractivity (Wildman–Crippen MR) is 73.4 cm³/mol. The van der Waals surface area contributed by atoms with Crippen molar-refractivity contribution in [3.05, 3.63) is 29.3 Å². The zero-order valence-electron chi connectivity index (χ0n) is 11.6. The van der Waals surface area contributed by atoms with Crippen molar-refractivity contribution in [2.24, 2.45) is 0 Å². The van der Waals surface area contributed by atoms with Gasteiger partial charge in [-0.1, -0.05) is 31.0 Å². The summed E-state index contributed by atoms with van der Waals surface area (Å²) in [7, 11) is 0. The Labute approximate surface area is 114 Å². The van der Waals surface area contributed by atoms with Crippen LogP contribution in [0.15, 0.2) is 18.2 Å². The number of carbonyl (C=O) groups is 1. The van der Waals surface area contributed by atoms with Gasteiger partial charge >= 0.3 is 6.09 Å². The Morgan fingerprint density at radius 1 is 1.53 bits per heavy atom. The molecule has 1 aromatic rings. The molecule has 1 aromatic carbocycles. The quantitative estimate of drug-likeness (QED) is 0.847. The number of hydrogen-bond acceptors (Lipinski definition) is 3. The summed E-state index contributed by atoms with van der Waals surface area (Å²) < 4.78 is 10.7. The van der Waals surface area contributed by atoms with E-state index in [2.05, 4.69) is 18.3 Å². The van der Waals surface area contributed by atoms with Crippen LogP contribution in [0, 0.1) is 6.92 Å². The van der Waals surface area contributed by atoms with E-state index in [1.54, 1.807) is 0 Å². The number of amides is 1. The molecule has 19 heavy (non-hydrogen) atoms. The van der Waals surface area contributed by atoms with E-state index in [0.717, 1.165) is 36.1 Å².